The molecule has 2 aliphatic rings. The molecular weight excluding hydrogens is 1650 g/mol. The molecule has 12 N–H and O–H groups in total. The number of amides is 14. The number of nitrogens with one attached hydrogen (secondary N) is 12. The second-order valence-electron chi connectivity index (χ2n) is 32.9. The third-order valence-electron chi connectivity index (χ3n) is 21.5. The van der Waals surface area contributed by atoms with Crippen molar-refractivity contribution in [3.05, 3.63) is 191 Å². The monoisotopic (exact) mass is 1760 g/mol. The molecule has 0 aromatic heterocycles. The maximum atomic E-state index is 14.8. The zero-order valence-electron chi connectivity index (χ0n) is 74.5. The summed E-state index contributed by atoms with van der Waals surface area (Å²) in [6.45, 7) is 14.7. The minimum atomic E-state index is -1.37. The summed E-state index contributed by atoms with van der Waals surface area (Å²) in [5.41, 5.74) is 4.69. The van der Waals surface area contributed by atoms with Crippen LogP contribution < -0.4 is 73.3 Å². The van der Waals surface area contributed by atoms with Crippen molar-refractivity contribution in [1.82, 2.24) is 73.6 Å². The van der Waals surface area contributed by atoms with Crippen molar-refractivity contribution in [2.24, 2.45) is 11.8 Å². The Hall–Kier alpha value is -13.6. The molecule has 128 heavy (non-hydrogen) atoms. The summed E-state index contributed by atoms with van der Waals surface area (Å²) in [6.07, 6.45) is 1.11. The summed E-state index contributed by atoms with van der Waals surface area (Å²) in [7, 11) is 2.29. The van der Waals surface area contributed by atoms with Crippen LogP contribution in [0, 0.1) is 11.8 Å². The number of carbonyl (C=O) groups is 16. The van der Waals surface area contributed by atoms with Gasteiger partial charge in [0.1, 0.15) is 97.2 Å². The summed E-state index contributed by atoms with van der Waals surface area (Å²) < 4.78 is 23.7. The maximum Gasteiger partial charge on any atom is 0.328 e. The molecule has 6 aromatic rings. The number of nitrogens with zero attached hydrogens (tertiary/aromatic N) is 2. The largest absolute Gasteiger partial charge is 0.488 e. The molecule has 6 aromatic carbocycles. The second-order valence-corrected chi connectivity index (χ2v) is 32.9. The van der Waals surface area contributed by atoms with Crippen LogP contribution in [-0.4, -0.2) is 217 Å². The molecule has 2 aliphatic heterocycles. The Morgan fingerprint density at radius 1 is 0.344 bits per heavy atom. The number of benzene rings is 6. The van der Waals surface area contributed by atoms with Gasteiger partial charge in [0.05, 0.1) is 27.3 Å². The zero-order chi connectivity index (χ0) is 93.3. The van der Waals surface area contributed by atoms with E-state index in [0.29, 0.717) is 57.7 Å². The fourth-order valence-corrected chi connectivity index (χ4v) is 15.0. The molecule has 8 rings (SSSR count). The van der Waals surface area contributed by atoms with E-state index in [4.69, 9.17) is 18.9 Å². The lowest BCUT2D eigenvalue weighted by molar-refractivity contribution is -0.145. The van der Waals surface area contributed by atoms with Gasteiger partial charge in [-0.25, -0.2) is 9.59 Å². The Balaban J connectivity index is 0.974. The summed E-state index contributed by atoms with van der Waals surface area (Å²) >= 11 is 0. The topological polar surface area (TPSA) is 461 Å². The van der Waals surface area contributed by atoms with E-state index >= 15 is 0 Å². The number of hydrogen-bond acceptors (Lipinski definition) is 20. The Kier molecular flexibility index (Phi) is 38.5. The highest BCUT2D eigenvalue weighted by molar-refractivity contribution is 6.00. The van der Waals surface area contributed by atoms with Gasteiger partial charge in [-0.1, -0.05) is 161 Å². The summed E-state index contributed by atoms with van der Waals surface area (Å²) in [5.74, 6) is -10.4. The molecule has 0 radical (unpaired) electrons. The van der Waals surface area contributed by atoms with Gasteiger partial charge in [-0.2, -0.15) is 0 Å². The third kappa shape index (κ3) is 30.9. The van der Waals surface area contributed by atoms with Crippen LogP contribution in [-0.2, 0) is 125 Å². The molecule has 0 aliphatic carbocycles. The van der Waals surface area contributed by atoms with Crippen molar-refractivity contribution in [2.75, 3.05) is 40.4 Å². The van der Waals surface area contributed by atoms with Crippen LogP contribution in [0.5, 0.6) is 11.5 Å². The lowest BCUT2D eigenvalue weighted by Crippen LogP contribution is -2.59. The molecule has 2 fully saturated rings. The van der Waals surface area contributed by atoms with Gasteiger partial charge in [-0.3, -0.25) is 67.1 Å². The first-order chi connectivity index (χ1) is 61.1. The van der Waals surface area contributed by atoms with Crippen molar-refractivity contribution in [3.63, 3.8) is 0 Å². The summed E-state index contributed by atoms with van der Waals surface area (Å²) in [6, 6.07) is 32.5. The van der Waals surface area contributed by atoms with Gasteiger partial charge in [0.15, 0.2) is 0 Å². The fourth-order valence-electron chi connectivity index (χ4n) is 15.0. The Bertz CT molecular complexity index is 4570. The Morgan fingerprint density at radius 3 is 0.961 bits per heavy atom. The Morgan fingerprint density at radius 2 is 0.648 bits per heavy atom. The molecule has 0 bridgehead atoms. The number of hydrogen-bond donors (Lipinski definition) is 12. The number of likely N-dealkylation sites (tertiary alicyclic amines) is 2. The number of rotatable bonds is 45. The number of ether oxygens (including phenoxy) is 4. The van der Waals surface area contributed by atoms with Crippen LogP contribution in [0.15, 0.2) is 158 Å². The smallest absolute Gasteiger partial charge is 0.328 e. The van der Waals surface area contributed by atoms with Crippen LogP contribution in [0.25, 0.3) is 11.1 Å². The van der Waals surface area contributed by atoms with Crippen LogP contribution >= 0.6 is 0 Å². The predicted molar refractivity (Wildman–Crippen MR) is 473 cm³/mol. The molecule has 2 saturated heterocycles. The van der Waals surface area contributed by atoms with Gasteiger partial charge >= 0.3 is 11.9 Å². The summed E-state index contributed by atoms with van der Waals surface area (Å²) in [4.78, 5) is 222. The van der Waals surface area contributed by atoms with E-state index in [9.17, 15) is 76.7 Å². The first-order valence-corrected chi connectivity index (χ1v) is 43.0. The van der Waals surface area contributed by atoms with Crippen LogP contribution in [0.2, 0.25) is 0 Å². The van der Waals surface area contributed by atoms with Gasteiger partial charge in [0.2, 0.25) is 82.7 Å². The third-order valence-corrected chi connectivity index (χ3v) is 21.5. The van der Waals surface area contributed by atoms with E-state index in [1.54, 1.807) is 97.1 Å². The number of carbonyl (C=O) groups excluding carboxylic acids is 16. The standard InChI is InChI=1S/C94H120N14O20/c1-55(2)43-71(103-83(113)57(5)97-61(9)109)87(117)99-59(7)85(115)105-73(47-63-27-17-13-18-28-63)91(121)107-41-25-35-77(107)89(119)95-51-81(111)101-75(93(123)125-11)49-67-37-39-79(127-53-65-31-21-15-22-32-65)69(45-67)70-46-68(38-40-80(70)128-54-66-33-23-16-24-34-66)50-76(94(124)126-12)102-82(112)52-96-90(120)78-36-26-42-108(78)92(122)74(48-64-29-19-14-20-30-64)106-86(116)60(8)100-88(118)72(44-56(3)4)104-84(114)58(6)98-62(10)110/h13-24,27-34,37-40,45-46,55-60,71-78H,25-26,35-36,41-44,47-54H2,1-12H3,(H,95,119)(H,96,120)(H,97,109)(H,98,110)(H,99,117)(H,100,118)(H,101,111)(H,102,112)(H,103,113)(H,104,114)(H,105,115)(H,106,116)/t57-,58-,59+,60+,71+,72+,73-,74-,75+,76+,77+,78+/m1/s1. The molecule has 0 saturated carbocycles. The molecule has 34 nitrogen and oxygen atoms in total. The lowest BCUT2D eigenvalue weighted by atomic mass is 9.94. The minimum absolute atomic E-state index is 0.0139. The van der Waals surface area contributed by atoms with Gasteiger partial charge in [-0.15, -0.1) is 0 Å². The first-order valence-electron chi connectivity index (χ1n) is 43.0. The molecule has 14 amide bonds. The normalized spacial score (nSPS) is 15.8. The first kappa shape index (κ1) is 99.9. The van der Waals surface area contributed by atoms with Gasteiger partial charge in [-0.05, 0) is 136 Å². The van der Waals surface area contributed by atoms with Gasteiger partial charge in [0, 0.05) is 63.7 Å². The van der Waals surface area contributed by atoms with Crippen molar-refractivity contribution in [3.8, 4) is 22.6 Å². The zero-order valence-corrected chi connectivity index (χ0v) is 74.5. The van der Waals surface area contributed by atoms with Crippen molar-refractivity contribution in [2.45, 2.75) is 219 Å². The van der Waals surface area contributed by atoms with Crippen molar-refractivity contribution >= 4 is 94.6 Å². The minimum Gasteiger partial charge on any atom is -0.488 e. The quantitative estimate of drug-likeness (QED) is 0.0242. The maximum absolute atomic E-state index is 14.8. The van der Waals surface area contributed by atoms with E-state index in [-0.39, 0.29) is 89.5 Å². The Labute approximate surface area is 745 Å². The van der Waals surface area contributed by atoms with E-state index in [1.165, 1.54) is 51.3 Å². The predicted octanol–water partition coefficient (Wildman–Crippen LogP) is 3.70. The number of esters is 2. The molecule has 12 atom stereocenters. The molecule has 0 unspecified atom stereocenters. The van der Waals surface area contributed by atoms with Crippen molar-refractivity contribution < 1.29 is 95.7 Å². The molecule has 0 spiro atoms. The highest BCUT2D eigenvalue weighted by Gasteiger charge is 2.42. The van der Waals surface area contributed by atoms with E-state index in [0.717, 1.165) is 25.3 Å². The average molecular weight is 1770 g/mol. The highest BCUT2D eigenvalue weighted by atomic mass is 16.5. The fraction of sp³-hybridized carbons (Fsp3) is 0.447. The number of methoxy groups -OCH3 is 2. The van der Waals surface area contributed by atoms with Gasteiger partial charge < -0.3 is 92.5 Å². The van der Waals surface area contributed by atoms with Gasteiger partial charge in [0.25, 0.3) is 0 Å². The average Bonchev–Trinajstić information content (AvgIpc) is 1.15. The van der Waals surface area contributed by atoms with E-state index in [1.807, 2.05) is 88.4 Å². The summed E-state index contributed by atoms with van der Waals surface area (Å²) in [5, 5.41) is 31.8. The molecule has 686 valence electrons. The molecule has 2 heterocycles. The van der Waals surface area contributed by atoms with E-state index < -0.39 is 180 Å². The van der Waals surface area contributed by atoms with Crippen molar-refractivity contribution in [1.29, 1.82) is 0 Å². The second kappa shape index (κ2) is 49.4. The highest BCUT2D eigenvalue weighted by Crippen LogP contribution is 2.40. The van der Waals surface area contributed by atoms with Crippen LogP contribution in [0.1, 0.15) is 141 Å². The molecular formula is C94H120N14O20. The van der Waals surface area contributed by atoms with Crippen LogP contribution in [0.4, 0.5) is 0 Å². The van der Waals surface area contributed by atoms with E-state index in [2.05, 4.69) is 63.8 Å². The van der Waals surface area contributed by atoms with Crippen LogP contribution in [0.3, 0.4) is 0 Å². The molecule has 34 heteroatoms. The SMILES string of the molecule is COC(=O)[C@H](Cc1ccc(OCc2ccccc2)c(-c2cc(C[C@H](NC(=O)CNC(=O)[C@@H]3CCCN3C(=O)[C@@H](Cc3ccccc3)NC(=O)[C@H](C)NC(=O)[C@H](CC(C)C)NC(=O)[C@@H](C)NC(C)=O)C(=O)OC)ccc2OCc2ccccc2)c1)NC(=O)CNC(=O)[C@@H]1CCCN1C(=O)[C@@H](Cc1ccccc1)NC(=O)[C@H](C)NC(=O)[C@H](CC(C)C)NC(=O)[C@@H](C)NC(C)=O. The lowest BCUT2D eigenvalue weighted by Gasteiger charge is -2.30.